The van der Waals surface area contributed by atoms with E-state index in [1.54, 1.807) is 16.6 Å². The van der Waals surface area contributed by atoms with E-state index in [-0.39, 0.29) is 30.2 Å². The van der Waals surface area contributed by atoms with E-state index >= 15 is 0 Å². The fourth-order valence-corrected chi connectivity index (χ4v) is 7.33. The van der Waals surface area contributed by atoms with Gasteiger partial charge < -0.3 is 0 Å². The van der Waals surface area contributed by atoms with Gasteiger partial charge in [-0.05, 0) is 55.7 Å². The van der Waals surface area contributed by atoms with Crippen molar-refractivity contribution in [3.63, 3.8) is 0 Å². The van der Waals surface area contributed by atoms with Crippen molar-refractivity contribution in [3.8, 4) is 0 Å². The molecule has 1 amide bonds. The number of amides is 1. The summed E-state index contributed by atoms with van der Waals surface area (Å²) in [7, 11) is 3.73. The van der Waals surface area contributed by atoms with Crippen molar-refractivity contribution in [2.24, 2.45) is 17.8 Å². The molecule has 2 aliphatic carbocycles. The molecule has 12 heteroatoms. The van der Waals surface area contributed by atoms with E-state index in [0.717, 1.165) is 38.4 Å². The van der Waals surface area contributed by atoms with Gasteiger partial charge in [0.2, 0.25) is 5.91 Å². The molecule has 4 heterocycles. The number of carbonyl (C=O) groups excluding carboxylic acids is 1. The van der Waals surface area contributed by atoms with E-state index in [1.807, 2.05) is 0 Å². The molecule has 3 unspecified atom stereocenters. The highest BCUT2D eigenvalue weighted by atomic mass is 19.4. The van der Waals surface area contributed by atoms with Gasteiger partial charge in [-0.1, -0.05) is 25.7 Å². The third-order valence-electron chi connectivity index (χ3n) is 9.62. The number of hydrogen-bond donors (Lipinski definition) is 2. The van der Waals surface area contributed by atoms with Crippen LogP contribution in [0, 0.1) is 17.8 Å². The second kappa shape index (κ2) is 10.2. The van der Waals surface area contributed by atoms with Gasteiger partial charge in [-0.15, -0.1) is 0 Å². The number of pyridine rings is 1. The lowest BCUT2D eigenvalue weighted by molar-refractivity contribution is -0.137. The van der Waals surface area contributed by atoms with Gasteiger partial charge in [0, 0.05) is 45.0 Å². The predicted molar refractivity (Wildman–Crippen MR) is 139 cm³/mol. The van der Waals surface area contributed by atoms with E-state index in [4.69, 9.17) is 0 Å². The summed E-state index contributed by atoms with van der Waals surface area (Å²) in [6, 6.07) is 0.992. The standard InChI is InChI=1S/C27H38F3N7O2/c1-33-16-31-32-25(33)24(18-5-3-6-18)19-7-4-8-20(12-19)36-15-22-21(27(28,29)30)11-17(14-37(22)26(36)39)13-35-10-9-23(38)34(35)2/h11,14-15,18-20,24-25,31-32H,3-10,12-13,16H2,1-2H3/t19?,20?,24-,25?/m1/s1. The van der Waals surface area contributed by atoms with Crippen molar-refractivity contribution >= 4 is 11.4 Å². The summed E-state index contributed by atoms with van der Waals surface area (Å²) < 4.78 is 45.4. The zero-order valence-electron chi connectivity index (χ0n) is 22.6. The van der Waals surface area contributed by atoms with Crippen LogP contribution in [0.15, 0.2) is 23.3 Å². The molecule has 39 heavy (non-hydrogen) atoms. The molecule has 4 aliphatic rings. The van der Waals surface area contributed by atoms with Crippen LogP contribution in [0.5, 0.6) is 0 Å². The molecule has 2 saturated carbocycles. The van der Waals surface area contributed by atoms with Crippen molar-refractivity contribution in [2.45, 2.75) is 76.3 Å². The number of halogens is 3. The van der Waals surface area contributed by atoms with Crippen LogP contribution < -0.4 is 16.5 Å². The van der Waals surface area contributed by atoms with Crippen LogP contribution in [0.2, 0.25) is 0 Å². The maximum atomic E-state index is 14.2. The van der Waals surface area contributed by atoms with Crippen LogP contribution in [0.4, 0.5) is 13.2 Å². The first-order valence-electron chi connectivity index (χ1n) is 14.1. The first-order valence-corrected chi connectivity index (χ1v) is 14.1. The zero-order valence-corrected chi connectivity index (χ0v) is 22.6. The average Bonchev–Trinajstić information content (AvgIpc) is 3.54. The number of rotatable bonds is 6. The largest absolute Gasteiger partial charge is 0.418 e. The van der Waals surface area contributed by atoms with Crippen molar-refractivity contribution in [2.75, 3.05) is 27.3 Å². The van der Waals surface area contributed by atoms with Gasteiger partial charge in [-0.25, -0.2) is 20.7 Å². The fraction of sp³-hybridized carbons (Fsp3) is 0.704. The van der Waals surface area contributed by atoms with Crippen LogP contribution in [-0.2, 0) is 17.5 Å². The normalized spacial score (nSPS) is 28.5. The predicted octanol–water partition coefficient (Wildman–Crippen LogP) is 3.17. The Balaban J connectivity index is 1.32. The summed E-state index contributed by atoms with van der Waals surface area (Å²) in [5.74, 6) is 1.39. The molecule has 0 radical (unpaired) electrons. The van der Waals surface area contributed by atoms with Crippen molar-refractivity contribution < 1.29 is 18.0 Å². The molecule has 0 spiro atoms. The van der Waals surface area contributed by atoms with E-state index in [2.05, 4.69) is 22.8 Å². The minimum Gasteiger partial charge on any atom is -0.295 e. The second-order valence-corrected chi connectivity index (χ2v) is 11.9. The molecule has 2 aromatic heterocycles. The van der Waals surface area contributed by atoms with Gasteiger partial charge in [0.05, 0.1) is 23.9 Å². The monoisotopic (exact) mass is 549 g/mol. The molecule has 2 saturated heterocycles. The Kier molecular flexibility index (Phi) is 7.01. The first kappa shape index (κ1) is 26.8. The first-order chi connectivity index (χ1) is 18.6. The molecule has 4 fully saturated rings. The smallest absolute Gasteiger partial charge is 0.295 e. The van der Waals surface area contributed by atoms with Gasteiger partial charge in [-0.2, -0.15) is 13.2 Å². The van der Waals surface area contributed by atoms with Gasteiger partial charge >= 0.3 is 11.9 Å². The topological polar surface area (TPSA) is 77.3 Å². The SMILES string of the molecule is CN1CNNC1[C@H](C1CCC1)C1CCCC(n2cc3c(C(F)(F)F)cc(CN4CCC(=O)N4C)cn3c2=O)C1. The highest BCUT2D eigenvalue weighted by Crippen LogP contribution is 2.47. The van der Waals surface area contributed by atoms with Gasteiger partial charge in [0.1, 0.15) is 0 Å². The van der Waals surface area contributed by atoms with Gasteiger partial charge in [-0.3, -0.25) is 23.7 Å². The maximum absolute atomic E-state index is 14.2. The maximum Gasteiger partial charge on any atom is 0.418 e. The number of nitrogens with one attached hydrogen (secondary N) is 2. The molecule has 0 bridgehead atoms. The number of imidazole rings is 1. The highest BCUT2D eigenvalue weighted by Gasteiger charge is 2.44. The van der Waals surface area contributed by atoms with E-state index in [0.29, 0.717) is 36.3 Å². The molecule has 6 rings (SSSR count). The summed E-state index contributed by atoms with van der Waals surface area (Å²) in [5.41, 5.74) is 5.72. The Morgan fingerprint density at radius 3 is 2.41 bits per heavy atom. The minimum absolute atomic E-state index is 0.0720. The van der Waals surface area contributed by atoms with E-state index in [9.17, 15) is 22.8 Å². The summed E-state index contributed by atoms with van der Waals surface area (Å²) >= 11 is 0. The molecule has 2 aromatic rings. The molecule has 2 N–H and O–H groups in total. The molecule has 9 nitrogen and oxygen atoms in total. The lowest BCUT2D eigenvalue weighted by atomic mass is 9.65. The summed E-state index contributed by atoms with van der Waals surface area (Å²) in [6.45, 7) is 1.35. The van der Waals surface area contributed by atoms with Crippen molar-refractivity contribution in [3.05, 3.63) is 40.1 Å². The third kappa shape index (κ3) is 4.89. The summed E-state index contributed by atoms with van der Waals surface area (Å²) in [5, 5.41) is 3.15. The molecule has 4 atom stereocenters. The van der Waals surface area contributed by atoms with E-state index in [1.165, 1.54) is 41.1 Å². The number of hydrogen-bond acceptors (Lipinski definition) is 6. The lowest BCUT2D eigenvalue weighted by Crippen LogP contribution is -2.50. The number of carbonyl (C=O) groups is 1. The second-order valence-electron chi connectivity index (χ2n) is 11.9. The van der Waals surface area contributed by atoms with Crippen LogP contribution in [0.3, 0.4) is 0 Å². The number of aromatic nitrogens is 2. The molecular weight excluding hydrogens is 511 g/mol. The van der Waals surface area contributed by atoms with Crippen LogP contribution >= 0.6 is 0 Å². The Morgan fingerprint density at radius 2 is 1.79 bits per heavy atom. The van der Waals surface area contributed by atoms with E-state index < -0.39 is 17.4 Å². The number of nitrogens with zero attached hydrogens (tertiary/aromatic N) is 5. The highest BCUT2D eigenvalue weighted by molar-refractivity contribution is 5.77. The summed E-state index contributed by atoms with van der Waals surface area (Å²) in [6.07, 6.45) is 6.15. The number of alkyl halides is 3. The fourth-order valence-electron chi connectivity index (χ4n) is 7.33. The Hall–Kier alpha value is -2.41. The molecular formula is C27H38F3N7O2. The average molecular weight is 550 g/mol. The number of hydrazine groups is 2. The third-order valence-corrected chi connectivity index (χ3v) is 9.62. The Bertz CT molecular complexity index is 1290. The number of fused-ring (bicyclic) bond motifs is 1. The van der Waals surface area contributed by atoms with Crippen molar-refractivity contribution in [1.29, 1.82) is 0 Å². The van der Waals surface area contributed by atoms with Crippen LogP contribution in [0.25, 0.3) is 5.52 Å². The zero-order chi connectivity index (χ0) is 27.5. The Labute approximate surface area is 225 Å². The van der Waals surface area contributed by atoms with Gasteiger partial charge in [0.25, 0.3) is 0 Å². The molecule has 2 aliphatic heterocycles. The molecule has 0 aromatic carbocycles. The molecule has 214 valence electrons. The van der Waals surface area contributed by atoms with Crippen molar-refractivity contribution in [1.82, 2.24) is 34.7 Å². The minimum atomic E-state index is -4.61. The van der Waals surface area contributed by atoms with Gasteiger partial charge in [0.15, 0.2) is 0 Å². The summed E-state index contributed by atoms with van der Waals surface area (Å²) in [4.78, 5) is 27.9. The quantitative estimate of drug-likeness (QED) is 0.577. The Morgan fingerprint density at radius 1 is 1.05 bits per heavy atom. The lowest BCUT2D eigenvalue weighted by Gasteiger charge is -2.46. The van der Waals surface area contributed by atoms with Crippen LogP contribution in [0.1, 0.15) is 68.5 Å². The van der Waals surface area contributed by atoms with Crippen LogP contribution in [-0.4, -0.2) is 63.3 Å².